The largest absolute Gasteiger partial charge is 0.497 e. The van der Waals surface area contributed by atoms with Crippen LogP contribution in [0.3, 0.4) is 0 Å². The number of rotatable bonds is 6. The number of nitrogens with two attached hydrogens (primary N) is 1. The van der Waals surface area contributed by atoms with Crippen LogP contribution in [0, 0.1) is 0 Å². The van der Waals surface area contributed by atoms with Gasteiger partial charge in [0.15, 0.2) is 0 Å². The molecule has 0 amide bonds. The predicted molar refractivity (Wildman–Crippen MR) is 87.7 cm³/mol. The summed E-state index contributed by atoms with van der Waals surface area (Å²) in [6.07, 6.45) is 1.22. The second-order valence-corrected chi connectivity index (χ2v) is 5.86. The molecule has 0 bridgehead atoms. The van der Waals surface area contributed by atoms with Gasteiger partial charge in [-0.1, -0.05) is 19.1 Å². The maximum atomic E-state index is 6.05. The number of hydrogen-bond acceptors (Lipinski definition) is 4. The summed E-state index contributed by atoms with van der Waals surface area (Å²) in [7, 11) is 1.71. The van der Waals surface area contributed by atoms with Crippen molar-refractivity contribution in [3.8, 4) is 5.75 Å². The minimum absolute atomic E-state index is 0.291. The molecular formula is C17H29N3O. The molecular weight excluding hydrogens is 262 g/mol. The molecule has 1 saturated heterocycles. The number of ether oxygens (including phenoxy) is 1. The first-order valence-electron chi connectivity index (χ1n) is 8.01. The van der Waals surface area contributed by atoms with Crippen LogP contribution in [0.15, 0.2) is 24.3 Å². The Hall–Kier alpha value is -1.10. The average molecular weight is 291 g/mol. The Morgan fingerprint density at radius 2 is 1.86 bits per heavy atom. The number of methoxy groups -OCH3 is 1. The Balaban J connectivity index is 2.02. The molecule has 1 heterocycles. The first kappa shape index (κ1) is 16.3. The lowest BCUT2D eigenvalue weighted by molar-refractivity contribution is 0.0743. The first-order valence-corrected chi connectivity index (χ1v) is 8.01. The molecule has 2 atom stereocenters. The standard InChI is InChI=1S/C17H29N3O/c1-4-14(2)19-8-10-20(11-9-19)17(13-18)15-6-5-7-16(12-15)21-3/h5-7,12,14,17H,4,8-11,13,18H2,1-3H3. The molecule has 1 aliphatic rings. The van der Waals surface area contributed by atoms with Crippen LogP contribution < -0.4 is 10.5 Å². The van der Waals surface area contributed by atoms with E-state index in [0.717, 1.165) is 31.9 Å². The van der Waals surface area contributed by atoms with Crippen LogP contribution in [0.4, 0.5) is 0 Å². The lowest BCUT2D eigenvalue weighted by atomic mass is 10.0. The van der Waals surface area contributed by atoms with Gasteiger partial charge < -0.3 is 10.5 Å². The van der Waals surface area contributed by atoms with E-state index in [4.69, 9.17) is 10.5 Å². The summed E-state index contributed by atoms with van der Waals surface area (Å²) in [4.78, 5) is 5.09. The van der Waals surface area contributed by atoms with E-state index in [1.165, 1.54) is 12.0 Å². The second-order valence-electron chi connectivity index (χ2n) is 5.86. The molecule has 21 heavy (non-hydrogen) atoms. The van der Waals surface area contributed by atoms with E-state index in [0.29, 0.717) is 18.6 Å². The van der Waals surface area contributed by atoms with E-state index in [2.05, 4.69) is 35.8 Å². The fourth-order valence-corrected chi connectivity index (χ4v) is 3.09. The van der Waals surface area contributed by atoms with Crippen molar-refractivity contribution < 1.29 is 4.74 Å². The summed E-state index contributed by atoms with van der Waals surface area (Å²) in [5.41, 5.74) is 7.31. The maximum Gasteiger partial charge on any atom is 0.119 e. The van der Waals surface area contributed by atoms with Crippen LogP contribution in [0.2, 0.25) is 0 Å². The molecule has 0 aliphatic carbocycles. The van der Waals surface area contributed by atoms with Crippen molar-refractivity contribution >= 4 is 0 Å². The molecule has 1 aromatic rings. The van der Waals surface area contributed by atoms with Gasteiger partial charge in [-0.3, -0.25) is 9.80 Å². The second kappa shape index (κ2) is 7.78. The smallest absolute Gasteiger partial charge is 0.119 e. The quantitative estimate of drug-likeness (QED) is 0.871. The van der Waals surface area contributed by atoms with E-state index in [-0.39, 0.29) is 0 Å². The SMILES string of the molecule is CCC(C)N1CCN(C(CN)c2cccc(OC)c2)CC1. The zero-order chi connectivity index (χ0) is 15.2. The van der Waals surface area contributed by atoms with Crippen molar-refractivity contribution in [1.82, 2.24) is 9.80 Å². The molecule has 4 nitrogen and oxygen atoms in total. The van der Waals surface area contributed by atoms with E-state index >= 15 is 0 Å². The Morgan fingerprint density at radius 1 is 1.19 bits per heavy atom. The lowest BCUT2D eigenvalue weighted by Crippen LogP contribution is -2.51. The minimum Gasteiger partial charge on any atom is -0.497 e. The molecule has 1 aromatic carbocycles. The average Bonchev–Trinajstić information content (AvgIpc) is 2.55. The predicted octanol–water partition coefficient (Wildman–Crippen LogP) is 2.11. The monoisotopic (exact) mass is 291 g/mol. The highest BCUT2D eigenvalue weighted by atomic mass is 16.5. The molecule has 118 valence electrons. The van der Waals surface area contributed by atoms with Crippen molar-refractivity contribution in [2.75, 3.05) is 39.8 Å². The summed E-state index contributed by atoms with van der Waals surface area (Å²) in [5.74, 6) is 0.907. The van der Waals surface area contributed by atoms with Gasteiger partial charge in [0.2, 0.25) is 0 Å². The summed E-state index contributed by atoms with van der Waals surface area (Å²) < 4.78 is 5.33. The van der Waals surface area contributed by atoms with Gasteiger partial charge in [0.25, 0.3) is 0 Å². The Kier molecular flexibility index (Phi) is 6.03. The number of benzene rings is 1. The fraction of sp³-hybridized carbons (Fsp3) is 0.647. The van der Waals surface area contributed by atoms with E-state index in [1.54, 1.807) is 7.11 Å². The zero-order valence-corrected chi connectivity index (χ0v) is 13.6. The third kappa shape index (κ3) is 3.96. The van der Waals surface area contributed by atoms with Gasteiger partial charge in [-0.15, -0.1) is 0 Å². The molecule has 2 unspecified atom stereocenters. The van der Waals surface area contributed by atoms with Crippen molar-refractivity contribution in [1.29, 1.82) is 0 Å². The zero-order valence-electron chi connectivity index (χ0n) is 13.6. The van der Waals surface area contributed by atoms with E-state index < -0.39 is 0 Å². The molecule has 0 spiro atoms. The van der Waals surface area contributed by atoms with Crippen molar-refractivity contribution in [2.24, 2.45) is 5.73 Å². The normalized spacial score (nSPS) is 20.2. The Labute approximate surface area is 128 Å². The highest BCUT2D eigenvalue weighted by Crippen LogP contribution is 2.25. The van der Waals surface area contributed by atoms with Crippen molar-refractivity contribution in [3.05, 3.63) is 29.8 Å². The van der Waals surface area contributed by atoms with Gasteiger partial charge >= 0.3 is 0 Å². The van der Waals surface area contributed by atoms with Crippen LogP contribution in [0.5, 0.6) is 5.75 Å². The van der Waals surface area contributed by atoms with Crippen LogP contribution in [-0.2, 0) is 0 Å². The molecule has 0 aromatic heterocycles. The highest BCUT2D eigenvalue weighted by Gasteiger charge is 2.25. The molecule has 2 N–H and O–H groups in total. The third-order valence-corrected chi connectivity index (χ3v) is 4.71. The summed E-state index contributed by atoms with van der Waals surface area (Å²) in [6.45, 7) is 9.67. The summed E-state index contributed by atoms with van der Waals surface area (Å²) >= 11 is 0. The van der Waals surface area contributed by atoms with Gasteiger partial charge in [0.1, 0.15) is 5.75 Å². The lowest BCUT2D eigenvalue weighted by Gasteiger charge is -2.41. The molecule has 0 saturated carbocycles. The Bertz CT molecular complexity index is 430. The maximum absolute atomic E-state index is 6.05. The molecule has 1 aliphatic heterocycles. The molecule has 1 fully saturated rings. The number of nitrogens with zero attached hydrogens (tertiary/aromatic N) is 2. The van der Waals surface area contributed by atoms with Gasteiger partial charge in [0.05, 0.1) is 7.11 Å². The van der Waals surface area contributed by atoms with Gasteiger partial charge in [-0.25, -0.2) is 0 Å². The van der Waals surface area contributed by atoms with Crippen LogP contribution in [0.25, 0.3) is 0 Å². The van der Waals surface area contributed by atoms with Crippen LogP contribution in [-0.4, -0.2) is 55.7 Å². The summed E-state index contributed by atoms with van der Waals surface area (Å²) in [6, 6.07) is 9.27. The van der Waals surface area contributed by atoms with E-state index in [1.807, 2.05) is 12.1 Å². The number of hydrogen-bond donors (Lipinski definition) is 1. The van der Waals surface area contributed by atoms with Gasteiger partial charge in [-0.05, 0) is 31.0 Å². The molecule has 2 rings (SSSR count). The first-order chi connectivity index (χ1) is 10.2. The van der Waals surface area contributed by atoms with Crippen molar-refractivity contribution in [2.45, 2.75) is 32.4 Å². The van der Waals surface area contributed by atoms with Crippen LogP contribution in [0.1, 0.15) is 31.9 Å². The summed E-state index contributed by atoms with van der Waals surface area (Å²) in [5, 5.41) is 0. The molecule has 4 heteroatoms. The van der Waals surface area contributed by atoms with Crippen molar-refractivity contribution in [3.63, 3.8) is 0 Å². The fourth-order valence-electron chi connectivity index (χ4n) is 3.09. The number of piperazine rings is 1. The Morgan fingerprint density at radius 3 is 2.43 bits per heavy atom. The van der Waals surface area contributed by atoms with Gasteiger partial charge in [0, 0.05) is 44.8 Å². The van der Waals surface area contributed by atoms with Gasteiger partial charge in [-0.2, -0.15) is 0 Å². The minimum atomic E-state index is 0.291. The van der Waals surface area contributed by atoms with E-state index in [9.17, 15) is 0 Å². The highest BCUT2D eigenvalue weighted by molar-refractivity contribution is 5.30. The third-order valence-electron chi connectivity index (χ3n) is 4.71. The topological polar surface area (TPSA) is 41.7 Å². The molecule has 0 radical (unpaired) electrons. The van der Waals surface area contributed by atoms with Crippen LogP contribution >= 0.6 is 0 Å².